The summed E-state index contributed by atoms with van der Waals surface area (Å²) in [5.41, 5.74) is 22.6. The molecule has 0 radical (unpaired) electrons. The molecular weight excluding hydrogens is 855 g/mol. The highest BCUT2D eigenvalue weighted by Gasteiger charge is 2.36. The van der Waals surface area contributed by atoms with Gasteiger partial charge < -0.3 is 52.8 Å². The van der Waals surface area contributed by atoms with Crippen LogP contribution in [0.2, 0.25) is 0 Å². The van der Waals surface area contributed by atoms with Crippen molar-refractivity contribution in [3.05, 3.63) is 94.3 Å². The number of benzene rings is 3. The summed E-state index contributed by atoms with van der Waals surface area (Å²) in [5.74, 6) is -1.52. The minimum atomic E-state index is -1.40. The molecule has 0 aliphatic carbocycles. The lowest BCUT2D eigenvalue weighted by molar-refractivity contribution is -0.141. The Morgan fingerprint density at radius 1 is 0.866 bits per heavy atom. The molecule has 18 nitrogen and oxygen atoms in total. The summed E-state index contributed by atoms with van der Waals surface area (Å²) in [6.07, 6.45) is 2.04. The zero-order valence-corrected chi connectivity index (χ0v) is 39.1. The van der Waals surface area contributed by atoms with Gasteiger partial charge in [0.1, 0.15) is 55.4 Å². The second-order valence-corrected chi connectivity index (χ2v) is 16.9. The predicted molar refractivity (Wildman–Crippen MR) is 253 cm³/mol. The van der Waals surface area contributed by atoms with Crippen LogP contribution in [-0.2, 0) is 32.0 Å². The number of hydrogen-bond acceptors (Lipinski definition) is 13. The average molecular weight is 918 g/mol. The number of carbonyl (C=O) groups is 5. The molecule has 4 aromatic rings. The van der Waals surface area contributed by atoms with Gasteiger partial charge in [0.25, 0.3) is 5.91 Å². The summed E-state index contributed by atoms with van der Waals surface area (Å²) in [5, 5.41) is 19.9. The number of carbonyl (C=O) groups excluding carboxylic acids is 5. The Kier molecular flexibility index (Phi) is 18.3. The summed E-state index contributed by atoms with van der Waals surface area (Å²) in [7, 11) is 1.42. The fourth-order valence-corrected chi connectivity index (χ4v) is 7.81. The normalized spacial score (nSPS) is 16.4. The van der Waals surface area contributed by atoms with Crippen LogP contribution in [0.1, 0.15) is 78.1 Å². The number of nitrogens with zero attached hydrogens (tertiary/aromatic N) is 4. The minimum Gasteiger partial charge on any atom is -0.492 e. The van der Waals surface area contributed by atoms with Crippen LogP contribution in [0, 0.1) is 31.1 Å². The van der Waals surface area contributed by atoms with E-state index in [4.69, 9.17) is 26.7 Å². The number of likely N-dealkylation sites (N-methyl/N-ethyl adjacent to an activating group) is 1. The van der Waals surface area contributed by atoms with Crippen LogP contribution in [0.15, 0.2) is 60.7 Å². The Bertz CT molecular complexity index is 2430. The van der Waals surface area contributed by atoms with Crippen molar-refractivity contribution >= 4 is 29.5 Å². The quantitative estimate of drug-likeness (QED) is 0.0708. The van der Waals surface area contributed by atoms with Crippen molar-refractivity contribution in [1.29, 1.82) is 5.26 Å². The lowest BCUT2D eigenvalue weighted by Crippen LogP contribution is -2.56. The van der Waals surface area contributed by atoms with Gasteiger partial charge in [-0.2, -0.15) is 5.26 Å². The van der Waals surface area contributed by atoms with Crippen molar-refractivity contribution in [3.63, 3.8) is 0 Å². The number of nitrogens with one attached hydrogen (secondary N) is 4. The number of fused-ring (bicyclic) bond motifs is 5. The van der Waals surface area contributed by atoms with E-state index in [0.717, 1.165) is 18.4 Å². The summed E-state index contributed by atoms with van der Waals surface area (Å²) in [4.78, 5) is 81.1. The topological polar surface area (TPSA) is 283 Å². The zero-order valence-electron chi connectivity index (χ0n) is 39.1. The van der Waals surface area contributed by atoms with Crippen LogP contribution in [0.5, 0.6) is 11.5 Å². The molecule has 0 spiro atoms. The second kappa shape index (κ2) is 24.0. The van der Waals surface area contributed by atoms with Gasteiger partial charge in [0.15, 0.2) is 5.82 Å². The number of amides is 5. The number of ether oxygens (including phenoxy) is 2. The third-order valence-corrected chi connectivity index (χ3v) is 11.3. The molecule has 356 valence electrons. The van der Waals surface area contributed by atoms with E-state index >= 15 is 0 Å². The highest BCUT2D eigenvalue weighted by molar-refractivity contribution is 6.00. The van der Waals surface area contributed by atoms with Crippen LogP contribution in [-0.4, -0.2) is 109 Å². The third-order valence-electron chi connectivity index (χ3n) is 11.3. The number of nitrogens with two attached hydrogens (primary N) is 3. The molecule has 0 saturated heterocycles. The number of hydrogen-bond donors (Lipinski definition) is 7. The zero-order chi connectivity index (χ0) is 48.8. The standard InChI is InChI=1S/C49H63N11O7/c1-28(2)7-8-32-9-12-34(13-10-32)44-55-29(3)42(30(4)56-44)47(63)58-38(17-18-50)49(65)60(6)43-35-14-16-41(67-24-21-53)37(27-35)36-25-33(11-15-40(36)66-23-20-52)26-39(46(62)54-22-19-51)59-45(61)31(5)57-48(43)64/h9-16,25,27-28,31,38-39,43H,7-8,17-18,20-24,26,50,52-53H2,1-6H3,(H,54,62)(H,57,64)(H,58,63)(H,59,61)/t31-,38-,39-,43-/m0/s1. The number of rotatable bonds is 18. The highest BCUT2D eigenvalue weighted by Crippen LogP contribution is 2.40. The van der Waals surface area contributed by atoms with Crippen molar-refractivity contribution in [2.24, 2.45) is 23.1 Å². The fraction of sp³-hybridized carbons (Fsp3) is 0.429. The first-order valence-corrected chi connectivity index (χ1v) is 22.5. The predicted octanol–water partition coefficient (Wildman–Crippen LogP) is 2.52. The smallest absolute Gasteiger partial charge is 0.255 e. The molecule has 1 aliphatic rings. The van der Waals surface area contributed by atoms with E-state index in [2.05, 4.69) is 57.2 Å². The average Bonchev–Trinajstić information content (AvgIpc) is 3.30. The van der Waals surface area contributed by atoms with E-state index in [0.29, 0.717) is 56.9 Å². The van der Waals surface area contributed by atoms with Crippen LogP contribution in [0.4, 0.5) is 0 Å². The van der Waals surface area contributed by atoms with Gasteiger partial charge >= 0.3 is 0 Å². The molecule has 10 N–H and O–H groups in total. The molecule has 1 aromatic heterocycles. The van der Waals surface area contributed by atoms with Crippen LogP contribution in [0.25, 0.3) is 22.5 Å². The summed E-state index contributed by atoms with van der Waals surface area (Å²) >= 11 is 0. The van der Waals surface area contributed by atoms with Gasteiger partial charge in [-0.3, -0.25) is 24.0 Å². The van der Waals surface area contributed by atoms with Gasteiger partial charge in [-0.1, -0.05) is 50.2 Å². The van der Waals surface area contributed by atoms with Crippen LogP contribution < -0.4 is 47.9 Å². The van der Waals surface area contributed by atoms with Gasteiger partial charge in [0, 0.05) is 43.2 Å². The molecule has 0 saturated carbocycles. The Morgan fingerprint density at radius 3 is 2.09 bits per heavy atom. The molecule has 3 aromatic carbocycles. The molecule has 1 aliphatic heterocycles. The second-order valence-electron chi connectivity index (χ2n) is 16.9. The fourth-order valence-electron chi connectivity index (χ4n) is 7.81. The summed E-state index contributed by atoms with van der Waals surface area (Å²) in [6.45, 7) is 9.60. The number of aromatic nitrogens is 2. The summed E-state index contributed by atoms with van der Waals surface area (Å²) in [6, 6.07) is 15.1. The summed E-state index contributed by atoms with van der Waals surface area (Å²) < 4.78 is 12.2. The SMILES string of the molecule is Cc1nc(-c2ccc(CCC(C)C)cc2)nc(C)c1C(=O)N[C@@H](CCN)C(=O)N(C)[C@@H]1C(=O)N[C@@H](C)C(=O)N[C@H](C(=O)NCC#N)Cc2ccc(OCCN)c(c2)-c2cc1ccc2OCCN. The largest absolute Gasteiger partial charge is 0.492 e. The van der Waals surface area contributed by atoms with E-state index in [1.54, 1.807) is 50.2 Å². The van der Waals surface area contributed by atoms with E-state index in [9.17, 15) is 29.2 Å². The first kappa shape index (κ1) is 51.1. The molecule has 2 heterocycles. The Balaban J connectivity index is 1.55. The first-order chi connectivity index (χ1) is 32.1. The highest BCUT2D eigenvalue weighted by atomic mass is 16.5. The van der Waals surface area contributed by atoms with Gasteiger partial charge in [0.05, 0.1) is 23.0 Å². The van der Waals surface area contributed by atoms with E-state index < -0.39 is 53.7 Å². The number of nitriles is 1. The van der Waals surface area contributed by atoms with Gasteiger partial charge in [0.2, 0.25) is 23.6 Å². The Morgan fingerprint density at radius 2 is 1.49 bits per heavy atom. The van der Waals surface area contributed by atoms with Crippen molar-refractivity contribution in [2.75, 3.05) is 46.4 Å². The van der Waals surface area contributed by atoms with Crippen molar-refractivity contribution in [2.45, 2.75) is 84.5 Å². The van der Waals surface area contributed by atoms with Crippen molar-refractivity contribution < 1.29 is 33.4 Å². The van der Waals surface area contributed by atoms with Crippen molar-refractivity contribution in [3.8, 4) is 40.1 Å². The molecule has 5 rings (SSSR count). The lowest BCUT2D eigenvalue weighted by atomic mass is 9.93. The third kappa shape index (κ3) is 13.1. The van der Waals surface area contributed by atoms with E-state index in [1.807, 2.05) is 18.2 Å². The molecular formula is C49H63N11O7. The van der Waals surface area contributed by atoms with Crippen molar-refractivity contribution in [1.82, 2.24) is 36.1 Å². The number of aryl methyl sites for hydroxylation is 3. The van der Waals surface area contributed by atoms with Gasteiger partial charge in [-0.15, -0.1) is 0 Å². The molecule has 4 atom stereocenters. The van der Waals surface area contributed by atoms with Crippen LogP contribution in [0.3, 0.4) is 0 Å². The van der Waals surface area contributed by atoms with Gasteiger partial charge in [-0.05, 0) is 93.5 Å². The molecule has 0 unspecified atom stereocenters. The molecule has 4 bridgehead atoms. The minimum absolute atomic E-state index is 0.00150. The maximum absolute atomic E-state index is 14.7. The van der Waals surface area contributed by atoms with Crippen LogP contribution >= 0.6 is 0 Å². The lowest BCUT2D eigenvalue weighted by Gasteiger charge is -2.32. The maximum Gasteiger partial charge on any atom is 0.255 e. The monoisotopic (exact) mass is 917 g/mol. The first-order valence-electron chi connectivity index (χ1n) is 22.5. The maximum atomic E-state index is 14.7. The van der Waals surface area contributed by atoms with E-state index in [-0.39, 0.29) is 57.8 Å². The molecule has 18 heteroatoms. The molecule has 67 heavy (non-hydrogen) atoms. The molecule has 5 amide bonds. The molecule has 0 fully saturated rings. The Labute approximate surface area is 391 Å². The van der Waals surface area contributed by atoms with E-state index in [1.165, 1.54) is 24.4 Å². The van der Waals surface area contributed by atoms with Gasteiger partial charge in [-0.25, -0.2) is 9.97 Å². The Hall–Kier alpha value is -6.94.